The van der Waals surface area contributed by atoms with Crippen molar-refractivity contribution in [3.63, 3.8) is 0 Å². The van der Waals surface area contributed by atoms with E-state index in [-0.39, 0.29) is 11.6 Å². The normalized spacial score (nSPS) is 22.3. The van der Waals surface area contributed by atoms with Gasteiger partial charge < -0.3 is 15.2 Å². The van der Waals surface area contributed by atoms with Gasteiger partial charge in [0.05, 0.1) is 0 Å². The van der Waals surface area contributed by atoms with E-state index in [9.17, 15) is 0 Å². The van der Waals surface area contributed by atoms with E-state index < -0.39 is 6.10 Å². The van der Waals surface area contributed by atoms with Crippen LogP contribution in [0.4, 0.5) is 0 Å². The molecule has 2 unspecified atom stereocenters. The zero-order chi connectivity index (χ0) is 13.3. The Morgan fingerprint density at radius 1 is 1.56 bits per heavy atom. The number of nitriles is 1. The van der Waals surface area contributed by atoms with Crippen LogP contribution in [0.2, 0.25) is 0 Å². The number of benzene rings is 1. The molecule has 0 fully saturated rings. The molecule has 2 N–H and O–H groups in total. The maximum absolute atomic E-state index is 8.73. The summed E-state index contributed by atoms with van der Waals surface area (Å²) in [7, 11) is 0. The fourth-order valence-corrected chi connectivity index (χ4v) is 2.19. The van der Waals surface area contributed by atoms with Crippen molar-refractivity contribution in [1.82, 2.24) is 0 Å². The summed E-state index contributed by atoms with van der Waals surface area (Å²) in [5.74, 6) is 1.38. The van der Waals surface area contributed by atoms with E-state index in [1.54, 1.807) is 6.92 Å². The summed E-state index contributed by atoms with van der Waals surface area (Å²) in [6.07, 6.45) is 0.308. The second-order valence-corrected chi connectivity index (χ2v) is 5.26. The average Bonchev–Trinajstić information content (AvgIpc) is 2.26. The maximum Gasteiger partial charge on any atom is 0.181 e. The number of ether oxygens (including phenoxy) is 2. The number of nitrogens with zero attached hydrogens (tertiary/aromatic N) is 1. The van der Waals surface area contributed by atoms with Crippen LogP contribution in [0.15, 0.2) is 18.2 Å². The monoisotopic (exact) mass is 246 g/mol. The zero-order valence-corrected chi connectivity index (χ0v) is 10.9. The fraction of sp³-hybridized carbons (Fsp3) is 0.500. The van der Waals surface area contributed by atoms with E-state index in [1.807, 2.05) is 38.1 Å². The van der Waals surface area contributed by atoms with E-state index in [4.69, 9.17) is 20.5 Å². The summed E-state index contributed by atoms with van der Waals surface area (Å²) in [6.45, 7) is 5.73. The molecular weight excluding hydrogens is 228 g/mol. The number of hydrogen-bond donors (Lipinski definition) is 1. The summed E-state index contributed by atoms with van der Waals surface area (Å²) >= 11 is 0. The van der Waals surface area contributed by atoms with Gasteiger partial charge in [-0.05, 0) is 26.8 Å². The highest BCUT2D eigenvalue weighted by Gasteiger charge is 2.32. The first-order valence-corrected chi connectivity index (χ1v) is 6.06. The van der Waals surface area contributed by atoms with Crippen LogP contribution in [-0.4, -0.2) is 11.7 Å². The van der Waals surface area contributed by atoms with Gasteiger partial charge in [-0.2, -0.15) is 5.26 Å². The topological polar surface area (TPSA) is 68.3 Å². The van der Waals surface area contributed by atoms with Gasteiger partial charge in [-0.3, -0.25) is 0 Å². The van der Waals surface area contributed by atoms with Gasteiger partial charge in [0.15, 0.2) is 6.10 Å². The Kier molecular flexibility index (Phi) is 3.18. The van der Waals surface area contributed by atoms with Crippen LogP contribution in [-0.2, 0) is 0 Å². The summed E-state index contributed by atoms with van der Waals surface area (Å²) in [6, 6.07) is 7.56. The lowest BCUT2D eigenvalue weighted by molar-refractivity contribution is 0.0723. The number of hydrogen-bond acceptors (Lipinski definition) is 4. The molecule has 2 rings (SSSR count). The molecule has 0 amide bonds. The van der Waals surface area contributed by atoms with Gasteiger partial charge >= 0.3 is 0 Å². The molecule has 0 spiro atoms. The Hall–Kier alpha value is -1.73. The van der Waals surface area contributed by atoms with Crippen molar-refractivity contribution in [3.05, 3.63) is 23.8 Å². The minimum atomic E-state index is -0.478. The minimum absolute atomic E-state index is 0.0220. The Bertz CT molecular complexity index is 491. The molecule has 0 aromatic heterocycles. The van der Waals surface area contributed by atoms with Gasteiger partial charge in [-0.25, -0.2) is 0 Å². The van der Waals surface area contributed by atoms with Crippen LogP contribution in [0.25, 0.3) is 0 Å². The highest BCUT2D eigenvalue weighted by atomic mass is 16.5. The van der Waals surface area contributed by atoms with Crippen LogP contribution in [0.3, 0.4) is 0 Å². The maximum atomic E-state index is 8.73. The Morgan fingerprint density at radius 3 is 2.94 bits per heavy atom. The molecule has 1 aliphatic heterocycles. The van der Waals surface area contributed by atoms with Crippen molar-refractivity contribution < 1.29 is 9.47 Å². The van der Waals surface area contributed by atoms with E-state index in [0.717, 1.165) is 17.7 Å². The predicted octanol–water partition coefficient (Wildman–Crippen LogP) is 2.54. The smallest absolute Gasteiger partial charge is 0.181 e. The molecule has 4 nitrogen and oxygen atoms in total. The highest BCUT2D eigenvalue weighted by molar-refractivity contribution is 5.44. The lowest BCUT2D eigenvalue weighted by Crippen LogP contribution is -2.37. The van der Waals surface area contributed by atoms with Gasteiger partial charge in [0.25, 0.3) is 0 Å². The van der Waals surface area contributed by atoms with Crippen LogP contribution in [0.1, 0.15) is 38.8 Å². The van der Waals surface area contributed by atoms with Crippen molar-refractivity contribution in [2.24, 2.45) is 5.73 Å². The van der Waals surface area contributed by atoms with Crippen molar-refractivity contribution >= 4 is 0 Å². The third-order valence-electron chi connectivity index (χ3n) is 2.98. The molecule has 0 saturated carbocycles. The first kappa shape index (κ1) is 12.7. The number of fused-ring (bicyclic) bond motifs is 1. The molecule has 4 heteroatoms. The molecule has 1 aromatic rings. The Labute approximate surface area is 107 Å². The SMILES string of the molecule is CC(C#N)Oc1ccc2c(c1)OC(C)(C)CC2N. The quantitative estimate of drug-likeness (QED) is 0.870. The van der Waals surface area contributed by atoms with E-state index in [2.05, 4.69) is 0 Å². The number of rotatable bonds is 2. The third-order valence-corrected chi connectivity index (χ3v) is 2.98. The van der Waals surface area contributed by atoms with Crippen LogP contribution >= 0.6 is 0 Å². The van der Waals surface area contributed by atoms with Crippen molar-refractivity contribution in [1.29, 1.82) is 5.26 Å². The highest BCUT2D eigenvalue weighted by Crippen LogP contribution is 2.40. The molecule has 0 saturated heterocycles. The largest absolute Gasteiger partial charge is 0.487 e. The number of nitrogens with two attached hydrogens (primary N) is 1. The van der Waals surface area contributed by atoms with Crippen molar-refractivity contribution in [2.75, 3.05) is 0 Å². The Balaban J connectivity index is 2.29. The second kappa shape index (κ2) is 4.51. The van der Waals surface area contributed by atoms with Gasteiger partial charge in [0.2, 0.25) is 0 Å². The Morgan fingerprint density at radius 2 is 2.28 bits per heavy atom. The van der Waals surface area contributed by atoms with Crippen LogP contribution in [0, 0.1) is 11.3 Å². The summed E-state index contributed by atoms with van der Waals surface area (Å²) < 4.78 is 11.4. The van der Waals surface area contributed by atoms with Gasteiger partial charge in [-0.1, -0.05) is 6.07 Å². The molecule has 1 aliphatic rings. The standard InChI is InChI=1S/C14H18N2O2/c1-9(8-15)17-10-4-5-11-12(16)7-14(2,3)18-13(11)6-10/h4-6,9,12H,7,16H2,1-3H3. The molecule has 96 valence electrons. The molecule has 0 bridgehead atoms. The van der Waals surface area contributed by atoms with E-state index >= 15 is 0 Å². The first-order valence-electron chi connectivity index (χ1n) is 6.06. The molecule has 18 heavy (non-hydrogen) atoms. The molecule has 0 aliphatic carbocycles. The van der Waals surface area contributed by atoms with Gasteiger partial charge in [0, 0.05) is 24.1 Å². The van der Waals surface area contributed by atoms with Crippen molar-refractivity contribution in [3.8, 4) is 17.6 Å². The van der Waals surface area contributed by atoms with Crippen LogP contribution in [0.5, 0.6) is 11.5 Å². The molecule has 2 atom stereocenters. The lowest BCUT2D eigenvalue weighted by Gasteiger charge is -2.36. The van der Waals surface area contributed by atoms with Gasteiger partial charge in [-0.15, -0.1) is 0 Å². The molecule has 1 heterocycles. The van der Waals surface area contributed by atoms with E-state index in [0.29, 0.717) is 5.75 Å². The second-order valence-electron chi connectivity index (χ2n) is 5.26. The average molecular weight is 246 g/mol. The van der Waals surface area contributed by atoms with Crippen molar-refractivity contribution in [2.45, 2.75) is 44.9 Å². The summed E-state index contributed by atoms with van der Waals surface area (Å²) in [5, 5.41) is 8.73. The fourth-order valence-electron chi connectivity index (χ4n) is 2.19. The molecule has 0 radical (unpaired) electrons. The van der Waals surface area contributed by atoms with Gasteiger partial charge in [0.1, 0.15) is 23.2 Å². The minimum Gasteiger partial charge on any atom is -0.487 e. The summed E-state index contributed by atoms with van der Waals surface area (Å²) in [5.41, 5.74) is 6.85. The lowest BCUT2D eigenvalue weighted by atomic mass is 9.90. The van der Waals surface area contributed by atoms with E-state index in [1.165, 1.54) is 0 Å². The summed E-state index contributed by atoms with van der Waals surface area (Å²) in [4.78, 5) is 0. The molecular formula is C14H18N2O2. The van der Waals surface area contributed by atoms with Crippen LogP contribution < -0.4 is 15.2 Å². The molecule has 1 aromatic carbocycles. The third kappa shape index (κ3) is 2.57. The zero-order valence-electron chi connectivity index (χ0n) is 10.9. The predicted molar refractivity (Wildman–Crippen MR) is 68.4 cm³/mol. The first-order chi connectivity index (χ1) is 8.41.